The fourth-order valence-electron chi connectivity index (χ4n) is 1.65. The number of aromatic nitrogens is 1. The summed E-state index contributed by atoms with van der Waals surface area (Å²) in [5, 5.41) is 11.3. The Balaban J connectivity index is 2.09. The number of carbonyl (C=O) groups excluding carboxylic acids is 1. The van der Waals surface area contributed by atoms with Gasteiger partial charge in [0.2, 0.25) is 0 Å². The van der Waals surface area contributed by atoms with E-state index in [1.807, 2.05) is 19.1 Å². The first-order valence-electron chi connectivity index (χ1n) is 6.14. The number of anilines is 1. The van der Waals surface area contributed by atoms with Gasteiger partial charge >= 0.3 is 0 Å². The summed E-state index contributed by atoms with van der Waals surface area (Å²) in [5.74, 6) is 5.64. The molecule has 1 heterocycles. The number of amides is 1. The molecule has 0 saturated heterocycles. The van der Waals surface area contributed by atoms with Gasteiger partial charge in [0.05, 0.1) is 0 Å². The lowest BCUT2D eigenvalue weighted by Gasteiger charge is -2.05. The number of benzene rings is 1. The molecule has 4 nitrogen and oxygen atoms in total. The van der Waals surface area contributed by atoms with Crippen LogP contribution in [0.4, 0.5) is 5.82 Å². The van der Waals surface area contributed by atoms with Crippen molar-refractivity contribution in [2.75, 3.05) is 11.9 Å². The van der Waals surface area contributed by atoms with Gasteiger partial charge in [-0.3, -0.25) is 4.79 Å². The van der Waals surface area contributed by atoms with Crippen LogP contribution in [0.5, 0.6) is 0 Å². The fourth-order valence-corrected chi connectivity index (χ4v) is 1.65. The number of nitrogens with zero attached hydrogens (tertiary/aromatic N) is 1. The van der Waals surface area contributed by atoms with E-state index in [0.717, 1.165) is 11.3 Å². The number of hydrogen-bond donors (Lipinski definition) is 2. The Morgan fingerprint density at radius 3 is 2.65 bits per heavy atom. The summed E-state index contributed by atoms with van der Waals surface area (Å²) < 4.78 is 0. The first-order chi connectivity index (χ1) is 9.69. The van der Waals surface area contributed by atoms with E-state index in [4.69, 9.17) is 5.11 Å². The van der Waals surface area contributed by atoms with Crippen LogP contribution in [0.1, 0.15) is 21.6 Å². The predicted octanol–water partition coefficient (Wildman–Crippen LogP) is 1.99. The quantitative estimate of drug-likeness (QED) is 0.817. The van der Waals surface area contributed by atoms with Crippen LogP contribution in [0, 0.1) is 18.8 Å². The van der Waals surface area contributed by atoms with Gasteiger partial charge in [0.15, 0.2) is 0 Å². The Hall–Kier alpha value is -2.64. The minimum Gasteiger partial charge on any atom is -0.384 e. The standard InChI is InChI=1S/C16H14N2O2/c1-12-4-2-6-15(17-12)18-16(20)14-9-7-13(8-10-14)5-3-11-19/h2,4,6-10,19H,11H2,1H3,(H,17,18,20). The van der Waals surface area contributed by atoms with Crippen LogP contribution in [0.3, 0.4) is 0 Å². The van der Waals surface area contributed by atoms with Crippen molar-refractivity contribution in [3.63, 3.8) is 0 Å². The molecule has 2 rings (SSSR count). The Morgan fingerprint density at radius 1 is 1.25 bits per heavy atom. The zero-order chi connectivity index (χ0) is 14.4. The molecule has 0 bridgehead atoms. The number of pyridine rings is 1. The summed E-state index contributed by atoms with van der Waals surface area (Å²) in [5.41, 5.74) is 2.13. The van der Waals surface area contributed by atoms with Gasteiger partial charge in [-0.15, -0.1) is 0 Å². The molecule has 0 fully saturated rings. The van der Waals surface area contributed by atoms with Crippen molar-refractivity contribution in [1.29, 1.82) is 0 Å². The van der Waals surface area contributed by atoms with Crippen molar-refractivity contribution < 1.29 is 9.90 Å². The van der Waals surface area contributed by atoms with Crippen molar-refractivity contribution in [2.45, 2.75) is 6.92 Å². The lowest BCUT2D eigenvalue weighted by molar-refractivity contribution is 0.102. The average Bonchev–Trinajstić information content (AvgIpc) is 2.45. The zero-order valence-corrected chi connectivity index (χ0v) is 11.1. The predicted molar refractivity (Wildman–Crippen MR) is 77.3 cm³/mol. The number of nitrogens with one attached hydrogen (secondary N) is 1. The lowest BCUT2D eigenvalue weighted by Crippen LogP contribution is -2.13. The number of aliphatic hydroxyl groups excluding tert-OH is 1. The summed E-state index contributed by atoms with van der Waals surface area (Å²) in [6.07, 6.45) is 0. The summed E-state index contributed by atoms with van der Waals surface area (Å²) >= 11 is 0. The van der Waals surface area contributed by atoms with Gasteiger partial charge < -0.3 is 10.4 Å². The number of aliphatic hydroxyl groups is 1. The van der Waals surface area contributed by atoms with E-state index in [1.54, 1.807) is 30.3 Å². The maximum Gasteiger partial charge on any atom is 0.256 e. The number of rotatable bonds is 2. The molecule has 1 amide bonds. The molecule has 0 saturated carbocycles. The van der Waals surface area contributed by atoms with Crippen LogP contribution in [-0.2, 0) is 0 Å². The zero-order valence-electron chi connectivity index (χ0n) is 11.1. The lowest BCUT2D eigenvalue weighted by atomic mass is 10.1. The minimum absolute atomic E-state index is 0.179. The highest BCUT2D eigenvalue weighted by Gasteiger charge is 2.06. The molecular weight excluding hydrogens is 252 g/mol. The van der Waals surface area contributed by atoms with Crippen LogP contribution in [0.25, 0.3) is 0 Å². The van der Waals surface area contributed by atoms with E-state index in [-0.39, 0.29) is 12.5 Å². The Morgan fingerprint density at radius 2 is 2.00 bits per heavy atom. The number of hydrogen-bond acceptors (Lipinski definition) is 3. The fraction of sp³-hybridized carbons (Fsp3) is 0.125. The molecule has 100 valence electrons. The molecule has 2 aromatic rings. The van der Waals surface area contributed by atoms with Gasteiger partial charge in [-0.2, -0.15) is 0 Å². The summed E-state index contributed by atoms with van der Waals surface area (Å²) in [7, 11) is 0. The molecule has 0 unspecified atom stereocenters. The van der Waals surface area contributed by atoms with Crippen LogP contribution in [0.15, 0.2) is 42.5 Å². The van der Waals surface area contributed by atoms with Crippen LogP contribution >= 0.6 is 0 Å². The summed E-state index contributed by atoms with van der Waals surface area (Å²) in [6, 6.07) is 12.3. The van der Waals surface area contributed by atoms with Gasteiger partial charge in [-0.05, 0) is 43.3 Å². The molecule has 0 aliphatic carbocycles. The molecule has 20 heavy (non-hydrogen) atoms. The second kappa shape index (κ2) is 6.50. The molecule has 0 aliphatic heterocycles. The highest BCUT2D eigenvalue weighted by Crippen LogP contribution is 2.08. The van der Waals surface area contributed by atoms with Crippen molar-refractivity contribution in [3.05, 3.63) is 59.3 Å². The van der Waals surface area contributed by atoms with E-state index in [2.05, 4.69) is 22.1 Å². The first-order valence-corrected chi connectivity index (χ1v) is 6.14. The van der Waals surface area contributed by atoms with Crippen molar-refractivity contribution in [2.24, 2.45) is 0 Å². The molecule has 1 aromatic carbocycles. The third-order valence-corrected chi connectivity index (χ3v) is 2.59. The third-order valence-electron chi connectivity index (χ3n) is 2.59. The Kier molecular flexibility index (Phi) is 4.48. The van der Waals surface area contributed by atoms with E-state index in [0.29, 0.717) is 11.4 Å². The molecule has 4 heteroatoms. The molecule has 0 aliphatic rings. The molecule has 0 spiro atoms. The van der Waals surface area contributed by atoms with Crippen molar-refractivity contribution in [1.82, 2.24) is 4.98 Å². The molecule has 0 atom stereocenters. The highest BCUT2D eigenvalue weighted by atomic mass is 16.2. The van der Waals surface area contributed by atoms with Crippen LogP contribution in [-0.4, -0.2) is 22.6 Å². The van der Waals surface area contributed by atoms with E-state index in [1.165, 1.54) is 0 Å². The van der Waals surface area contributed by atoms with Gasteiger partial charge in [0.25, 0.3) is 5.91 Å². The van der Waals surface area contributed by atoms with E-state index >= 15 is 0 Å². The second-order valence-electron chi connectivity index (χ2n) is 4.16. The molecule has 2 N–H and O–H groups in total. The number of carbonyl (C=O) groups is 1. The molecule has 1 aromatic heterocycles. The summed E-state index contributed by atoms with van der Waals surface area (Å²) in [4.78, 5) is 16.2. The van der Waals surface area contributed by atoms with Crippen molar-refractivity contribution >= 4 is 11.7 Å². The molecular formula is C16H14N2O2. The molecule has 0 radical (unpaired) electrons. The number of aryl methyl sites for hydroxylation is 1. The van der Waals surface area contributed by atoms with Crippen LogP contribution in [0.2, 0.25) is 0 Å². The average molecular weight is 266 g/mol. The maximum absolute atomic E-state index is 12.0. The maximum atomic E-state index is 12.0. The van der Waals surface area contributed by atoms with Crippen molar-refractivity contribution in [3.8, 4) is 11.8 Å². The first kappa shape index (κ1) is 13.8. The monoisotopic (exact) mass is 266 g/mol. The van der Waals surface area contributed by atoms with E-state index < -0.39 is 0 Å². The smallest absolute Gasteiger partial charge is 0.256 e. The second-order valence-corrected chi connectivity index (χ2v) is 4.16. The highest BCUT2D eigenvalue weighted by molar-refractivity contribution is 6.03. The van der Waals surface area contributed by atoms with Gasteiger partial charge in [-0.1, -0.05) is 17.9 Å². The third kappa shape index (κ3) is 3.67. The normalized spacial score (nSPS) is 9.50. The van der Waals surface area contributed by atoms with Gasteiger partial charge in [0.1, 0.15) is 12.4 Å². The minimum atomic E-state index is -0.218. The SMILES string of the molecule is Cc1cccc(NC(=O)c2ccc(C#CCO)cc2)n1. The Labute approximate surface area is 117 Å². The van der Waals surface area contributed by atoms with E-state index in [9.17, 15) is 4.79 Å². The van der Waals surface area contributed by atoms with Gasteiger partial charge in [-0.25, -0.2) is 4.98 Å². The van der Waals surface area contributed by atoms with Gasteiger partial charge in [0, 0.05) is 16.8 Å². The summed E-state index contributed by atoms with van der Waals surface area (Å²) in [6.45, 7) is 1.69. The topological polar surface area (TPSA) is 62.2 Å². The van der Waals surface area contributed by atoms with Crippen LogP contribution < -0.4 is 5.32 Å². The largest absolute Gasteiger partial charge is 0.384 e. The Bertz CT molecular complexity index is 667.